The lowest BCUT2D eigenvalue weighted by Crippen LogP contribution is -2.37. The van der Waals surface area contributed by atoms with E-state index in [1.165, 1.54) is 11.3 Å². The zero-order chi connectivity index (χ0) is 10.7. The van der Waals surface area contributed by atoms with Gasteiger partial charge in [-0.2, -0.15) is 5.26 Å². The van der Waals surface area contributed by atoms with Crippen LogP contribution in [0.4, 0.5) is 5.69 Å². The van der Waals surface area contributed by atoms with E-state index in [0.717, 1.165) is 19.5 Å². The standard InChI is InChI=1S/C12H15N3/c1-14-11(8-13)9-15-7-6-10-4-2-3-5-12(10)15/h2-5,11,14H,6-7,9H2,1H3. The van der Waals surface area contributed by atoms with Crippen molar-refractivity contribution in [3.8, 4) is 6.07 Å². The van der Waals surface area contributed by atoms with Gasteiger partial charge in [0.1, 0.15) is 6.04 Å². The van der Waals surface area contributed by atoms with E-state index in [0.29, 0.717) is 0 Å². The number of anilines is 1. The summed E-state index contributed by atoms with van der Waals surface area (Å²) in [5.41, 5.74) is 2.68. The minimum atomic E-state index is -0.0869. The summed E-state index contributed by atoms with van der Waals surface area (Å²) in [5, 5.41) is 11.9. The number of benzene rings is 1. The molecule has 0 spiro atoms. The summed E-state index contributed by atoms with van der Waals surface area (Å²) in [7, 11) is 1.83. The second-order valence-electron chi connectivity index (χ2n) is 3.80. The highest BCUT2D eigenvalue weighted by Crippen LogP contribution is 2.27. The molecule has 3 heteroatoms. The van der Waals surface area contributed by atoms with Crippen LogP contribution in [0.5, 0.6) is 0 Å². The first-order valence-corrected chi connectivity index (χ1v) is 5.25. The SMILES string of the molecule is CNC(C#N)CN1CCc2ccccc21. The molecule has 1 heterocycles. The average molecular weight is 201 g/mol. The molecule has 0 saturated carbocycles. The van der Waals surface area contributed by atoms with Gasteiger partial charge < -0.3 is 10.2 Å². The van der Waals surface area contributed by atoms with Gasteiger partial charge in [-0.05, 0) is 25.1 Å². The second kappa shape index (κ2) is 4.33. The predicted molar refractivity (Wildman–Crippen MR) is 60.8 cm³/mol. The van der Waals surface area contributed by atoms with Gasteiger partial charge >= 0.3 is 0 Å². The Morgan fingerprint density at radius 1 is 1.53 bits per heavy atom. The first kappa shape index (κ1) is 10.0. The van der Waals surface area contributed by atoms with Crippen LogP contribution in [0.3, 0.4) is 0 Å². The lowest BCUT2D eigenvalue weighted by molar-refractivity contribution is 0.651. The number of rotatable bonds is 3. The molecule has 1 aromatic rings. The Bertz CT molecular complexity index is 381. The van der Waals surface area contributed by atoms with Crippen LogP contribution in [-0.4, -0.2) is 26.2 Å². The topological polar surface area (TPSA) is 39.1 Å². The lowest BCUT2D eigenvalue weighted by Gasteiger charge is -2.21. The first-order valence-electron chi connectivity index (χ1n) is 5.25. The number of nitrogens with zero attached hydrogens (tertiary/aromatic N) is 2. The fraction of sp³-hybridized carbons (Fsp3) is 0.417. The monoisotopic (exact) mass is 201 g/mol. The van der Waals surface area contributed by atoms with Gasteiger partial charge in [0.25, 0.3) is 0 Å². The number of nitrogens with one attached hydrogen (secondary N) is 1. The van der Waals surface area contributed by atoms with Crippen molar-refractivity contribution in [1.82, 2.24) is 5.32 Å². The molecule has 1 aliphatic rings. The number of nitriles is 1. The number of fused-ring (bicyclic) bond motifs is 1. The molecule has 78 valence electrons. The third-order valence-corrected chi connectivity index (χ3v) is 2.89. The Kier molecular flexibility index (Phi) is 2.89. The average Bonchev–Trinajstić information content (AvgIpc) is 2.69. The van der Waals surface area contributed by atoms with Crippen LogP contribution in [0, 0.1) is 11.3 Å². The Labute approximate surface area is 90.3 Å². The van der Waals surface area contributed by atoms with Gasteiger partial charge in [-0.15, -0.1) is 0 Å². The van der Waals surface area contributed by atoms with Gasteiger partial charge in [0, 0.05) is 18.8 Å². The highest BCUT2D eigenvalue weighted by atomic mass is 15.2. The molecule has 1 unspecified atom stereocenters. The van der Waals surface area contributed by atoms with Crippen molar-refractivity contribution in [3.05, 3.63) is 29.8 Å². The Morgan fingerprint density at radius 2 is 2.33 bits per heavy atom. The van der Waals surface area contributed by atoms with Crippen LogP contribution in [0.1, 0.15) is 5.56 Å². The van der Waals surface area contributed by atoms with E-state index in [9.17, 15) is 0 Å². The highest BCUT2D eigenvalue weighted by Gasteiger charge is 2.20. The maximum absolute atomic E-state index is 8.90. The highest BCUT2D eigenvalue weighted by molar-refractivity contribution is 5.58. The fourth-order valence-electron chi connectivity index (χ4n) is 2.01. The van der Waals surface area contributed by atoms with Crippen molar-refractivity contribution in [2.45, 2.75) is 12.5 Å². The van der Waals surface area contributed by atoms with Crippen molar-refractivity contribution in [1.29, 1.82) is 5.26 Å². The van der Waals surface area contributed by atoms with Crippen LogP contribution < -0.4 is 10.2 Å². The van der Waals surface area contributed by atoms with Gasteiger partial charge in [0.05, 0.1) is 6.07 Å². The Balaban J connectivity index is 2.11. The van der Waals surface area contributed by atoms with Crippen molar-refractivity contribution < 1.29 is 0 Å². The summed E-state index contributed by atoms with van der Waals surface area (Å²) < 4.78 is 0. The molecule has 0 saturated heterocycles. The van der Waals surface area contributed by atoms with E-state index in [2.05, 4.69) is 40.6 Å². The molecule has 3 nitrogen and oxygen atoms in total. The molecule has 0 amide bonds. The van der Waals surface area contributed by atoms with Crippen LogP contribution in [0.2, 0.25) is 0 Å². The number of likely N-dealkylation sites (N-methyl/N-ethyl adjacent to an activating group) is 1. The number of para-hydroxylation sites is 1. The first-order chi connectivity index (χ1) is 7.35. The second-order valence-corrected chi connectivity index (χ2v) is 3.80. The Hall–Kier alpha value is -1.53. The van der Waals surface area contributed by atoms with Gasteiger partial charge in [0.15, 0.2) is 0 Å². The molecule has 0 aliphatic carbocycles. The van der Waals surface area contributed by atoms with Gasteiger partial charge in [-0.1, -0.05) is 18.2 Å². The molecular formula is C12H15N3. The fourth-order valence-corrected chi connectivity index (χ4v) is 2.01. The summed E-state index contributed by atoms with van der Waals surface area (Å²) in [6.07, 6.45) is 1.10. The largest absolute Gasteiger partial charge is 0.368 e. The summed E-state index contributed by atoms with van der Waals surface area (Å²) >= 11 is 0. The van der Waals surface area contributed by atoms with Crippen molar-refractivity contribution in [3.63, 3.8) is 0 Å². The number of hydrogen-bond acceptors (Lipinski definition) is 3. The van der Waals surface area contributed by atoms with Crippen molar-refractivity contribution in [2.24, 2.45) is 0 Å². The molecular weight excluding hydrogens is 186 g/mol. The molecule has 0 bridgehead atoms. The molecule has 2 rings (SSSR count). The molecule has 0 radical (unpaired) electrons. The minimum Gasteiger partial charge on any atom is -0.368 e. The zero-order valence-corrected chi connectivity index (χ0v) is 8.90. The molecule has 1 aliphatic heterocycles. The van der Waals surface area contributed by atoms with E-state index < -0.39 is 0 Å². The summed E-state index contributed by atoms with van der Waals surface area (Å²) in [4.78, 5) is 2.28. The van der Waals surface area contributed by atoms with Gasteiger partial charge in [0.2, 0.25) is 0 Å². The smallest absolute Gasteiger partial charge is 0.113 e. The zero-order valence-electron chi connectivity index (χ0n) is 8.90. The van der Waals surface area contributed by atoms with E-state index >= 15 is 0 Å². The molecule has 1 aromatic carbocycles. The van der Waals surface area contributed by atoms with Crippen molar-refractivity contribution >= 4 is 5.69 Å². The number of hydrogen-bond donors (Lipinski definition) is 1. The normalized spacial score (nSPS) is 15.9. The minimum absolute atomic E-state index is 0.0869. The van der Waals surface area contributed by atoms with E-state index in [1.54, 1.807) is 0 Å². The molecule has 1 atom stereocenters. The molecule has 0 fully saturated rings. The lowest BCUT2D eigenvalue weighted by atomic mass is 10.2. The third-order valence-electron chi connectivity index (χ3n) is 2.89. The van der Waals surface area contributed by atoms with E-state index in [4.69, 9.17) is 5.26 Å². The van der Waals surface area contributed by atoms with Crippen molar-refractivity contribution in [2.75, 3.05) is 25.0 Å². The maximum Gasteiger partial charge on any atom is 0.113 e. The Morgan fingerprint density at radius 3 is 3.07 bits per heavy atom. The van der Waals surface area contributed by atoms with Crippen LogP contribution >= 0.6 is 0 Å². The van der Waals surface area contributed by atoms with E-state index in [1.807, 2.05) is 7.05 Å². The van der Waals surface area contributed by atoms with Crippen LogP contribution in [-0.2, 0) is 6.42 Å². The van der Waals surface area contributed by atoms with Crippen LogP contribution in [0.25, 0.3) is 0 Å². The molecule has 0 aromatic heterocycles. The van der Waals surface area contributed by atoms with Gasteiger partial charge in [-0.3, -0.25) is 0 Å². The molecule has 15 heavy (non-hydrogen) atoms. The van der Waals surface area contributed by atoms with Gasteiger partial charge in [-0.25, -0.2) is 0 Å². The summed E-state index contributed by atoms with van der Waals surface area (Å²) in [5.74, 6) is 0. The predicted octanol–water partition coefficient (Wildman–Crippen LogP) is 1.16. The van der Waals surface area contributed by atoms with Crippen LogP contribution in [0.15, 0.2) is 24.3 Å². The molecule has 1 N–H and O–H groups in total. The van der Waals surface area contributed by atoms with E-state index in [-0.39, 0.29) is 6.04 Å². The summed E-state index contributed by atoms with van der Waals surface area (Å²) in [6, 6.07) is 10.6. The quantitative estimate of drug-likeness (QED) is 0.797. The third kappa shape index (κ3) is 1.95. The maximum atomic E-state index is 8.90. The summed E-state index contributed by atoms with van der Waals surface area (Å²) in [6.45, 7) is 1.79.